The van der Waals surface area contributed by atoms with E-state index in [4.69, 9.17) is 14.7 Å². The fraction of sp³-hybridized carbons (Fsp3) is 0.375. The number of methoxy groups -OCH3 is 1. The smallest absolute Gasteiger partial charge is 0.417 e. The van der Waals surface area contributed by atoms with Gasteiger partial charge in [0.1, 0.15) is 11.4 Å². The van der Waals surface area contributed by atoms with Crippen LogP contribution in [-0.4, -0.2) is 29.6 Å². The quantitative estimate of drug-likeness (QED) is 0.586. The fourth-order valence-electron chi connectivity index (χ4n) is 3.85. The number of anilines is 1. The van der Waals surface area contributed by atoms with Gasteiger partial charge in [0, 0.05) is 5.69 Å². The van der Waals surface area contributed by atoms with E-state index in [9.17, 15) is 22.8 Å². The summed E-state index contributed by atoms with van der Waals surface area (Å²) >= 11 is 0. The summed E-state index contributed by atoms with van der Waals surface area (Å²) in [5.74, 6) is -0.146. The van der Waals surface area contributed by atoms with Crippen LogP contribution in [0.15, 0.2) is 36.4 Å². The zero-order valence-corrected chi connectivity index (χ0v) is 19.3. The molecule has 2 aromatic carbocycles. The minimum atomic E-state index is -4.78. The Labute approximate surface area is 195 Å². The lowest BCUT2D eigenvalue weighted by atomic mass is 10.0. The largest absolute Gasteiger partial charge is 0.497 e. The lowest BCUT2D eigenvalue weighted by Crippen LogP contribution is -2.41. The van der Waals surface area contributed by atoms with E-state index >= 15 is 0 Å². The van der Waals surface area contributed by atoms with Gasteiger partial charge in [-0.1, -0.05) is 6.07 Å². The molecule has 2 amide bonds. The molecule has 34 heavy (non-hydrogen) atoms. The van der Waals surface area contributed by atoms with E-state index in [0.717, 1.165) is 6.07 Å². The third-order valence-electron chi connectivity index (χ3n) is 5.30. The highest BCUT2D eigenvalue weighted by Crippen LogP contribution is 2.45. The van der Waals surface area contributed by atoms with Crippen LogP contribution >= 0.6 is 0 Å². The summed E-state index contributed by atoms with van der Waals surface area (Å²) in [4.78, 5) is 27.6. The Kier molecular flexibility index (Phi) is 6.51. The summed E-state index contributed by atoms with van der Waals surface area (Å²) in [6.07, 6.45) is -4.78. The summed E-state index contributed by atoms with van der Waals surface area (Å²) in [6.45, 7) is 6.77. The van der Waals surface area contributed by atoms with Crippen molar-refractivity contribution in [3.05, 3.63) is 58.7 Å². The Morgan fingerprint density at radius 1 is 1.09 bits per heavy atom. The van der Waals surface area contributed by atoms with Crippen LogP contribution in [-0.2, 0) is 15.7 Å². The molecule has 180 valence electrons. The normalized spacial score (nSPS) is 17.6. The van der Waals surface area contributed by atoms with E-state index in [1.54, 1.807) is 45.9 Å². The van der Waals surface area contributed by atoms with E-state index in [1.165, 1.54) is 24.1 Å². The first kappa shape index (κ1) is 24.9. The Bertz CT molecular complexity index is 1170. The number of amides is 2. The molecule has 10 heteroatoms. The Morgan fingerprint density at radius 3 is 2.32 bits per heavy atom. The number of carbonyl (C=O) groups excluding carboxylic acids is 2. The molecule has 1 N–H and O–H groups in total. The molecule has 1 aliphatic heterocycles. The van der Waals surface area contributed by atoms with Crippen molar-refractivity contribution in [2.24, 2.45) is 0 Å². The Morgan fingerprint density at radius 2 is 1.76 bits per heavy atom. The van der Waals surface area contributed by atoms with E-state index in [2.05, 4.69) is 5.32 Å². The van der Waals surface area contributed by atoms with Gasteiger partial charge in [0.25, 0.3) is 0 Å². The van der Waals surface area contributed by atoms with Gasteiger partial charge in [-0.15, -0.1) is 0 Å². The van der Waals surface area contributed by atoms with Crippen LogP contribution in [0.3, 0.4) is 0 Å². The van der Waals surface area contributed by atoms with Crippen LogP contribution in [0.25, 0.3) is 0 Å². The van der Waals surface area contributed by atoms with Gasteiger partial charge in [-0.05, 0) is 69.2 Å². The second kappa shape index (κ2) is 8.89. The van der Waals surface area contributed by atoms with Crippen LogP contribution in [0.4, 0.5) is 23.7 Å². The third kappa shape index (κ3) is 4.93. The predicted octanol–water partition coefficient (Wildman–Crippen LogP) is 5.58. The maximum Gasteiger partial charge on any atom is 0.417 e. The maximum atomic E-state index is 13.3. The number of ether oxygens (including phenoxy) is 2. The van der Waals surface area contributed by atoms with E-state index in [1.807, 2.05) is 0 Å². The number of benzene rings is 2. The minimum absolute atomic E-state index is 0.167. The zero-order chi connectivity index (χ0) is 25.4. The van der Waals surface area contributed by atoms with Crippen LogP contribution in [0.5, 0.6) is 5.75 Å². The first-order valence-electron chi connectivity index (χ1n) is 10.4. The molecule has 7 nitrogen and oxygen atoms in total. The molecule has 0 saturated carbocycles. The van der Waals surface area contributed by atoms with Crippen molar-refractivity contribution in [3.63, 3.8) is 0 Å². The predicted molar refractivity (Wildman–Crippen MR) is 117 cm³/mol. The van der Waals surface area contributed by atoms with Crippen LogP contribution in [0.1, 0.15) is 62.0 Å². The number of carbonyl (C=O) groups is 2. The van der Waals surface area contributed by atoms with Crippen LogP contribution < -0.4 is 10.1 Å². The molecule has 0 aromatic heterocycles. The van der Waals surface area contributed by atoms with Crippen molar-refractivity contribution >= 4 is 17.7 Å². The molecule has 0 spiro atoms. The first-order chi connectivity index (χ1) is 15.8. The van der Waals surface area contributed by atoms with E-state index in [0.29, 0.717) is 22.9 Å². The van der Waals surface area contributed by atoms with E-state index in [-0.39, 0.29) is 5.69 Å². The van der Waals surface area contributed by atoms with Crippen molar-refractivity contribution in [3.8, 4) is 11.8 Å². The number of hydrogen-bond acceptors (Lipinski definition) is 5. The van der Waals surface area contributed by atoms with Crippen LogP contribution in [0.2, 0.25) is 0 Å². The lowest BCUT2D eigenvalue weighted by Gasteiger charge is -2.30. The monoisotopic (exact) mass is 475 g/mol. The molecular formula is C24H24F3N3O4. The van der Waals surface area contributed by atoms with E-state index < -0.39 is 47.0 Å². The molecular weight excluding hydrogens is 451 g/mol. The van der Waals surface area contributed by atoms with Crippen molar-refractivity contribution in [2.45, 2.75) is 51.6 Å². The number of nitrogens with one attached hydrogen (secondary N) is 1. The summed E-state index contributed by atoms with van der Waals surface area (Å²) in [7, 11) is 1.49. The van der Waals surface area contributed by atoms with Crippen LogP contribution in [0, 0.1) is 11.3 Å². The fourth-order valence-corrected chi connectivity index (χ4v) is 3.85. The number of halogens is 3. The minimum Gasteiger partial charge on any atom is -0.497 e. The summed E-state index contributed by atoms with van der Waals surface area (Å²) in [6, 6.07) is 6.87. The molecule has 3 rings (SSSR count). The van der Waals surface area contributed by atoms with Gasteiger partial charge in [0.05, 0.1) is 30.3 Å². The van der Waals surface area contributed by atoms with Crippen molar-refractivity contribution < 1.29 is 32.2 Å². The van der Waals surface area contributed by atoms with Crippen molar-refractivity contribution in [1.29, 1.82) is 5.26 Å². The van der Waals surface area contributed by atoms with Gasteiger partial charge in [-0.25, -0.2) is 9.59 Å². The highest BCUT2D eigenvalue weighted by Gasteiger charge is 2.45. The van der Waals surface area contributed by atoms with Crippen molar-refractivity contribution in [1.82, 2.24) is 4.90 Å². The number of alkyl halides is 3. The summed E-state index contributed by atoms with van der Waals surface area (Å²) < 4.78 is 50.8. The molecule has 0 fully saturated rings. The molecule has 0 aliphatic carbocycles. The molecule has 0 saturated heterocycles. The average Bonchev–Trinajstić information content (AvgIpc) is 3.04. The number of esters is 1. The Hall–Kier alpha value is -3.74. The number of rotatable bonds is 3. The number of fused-ring (bicyclic) bond motifs is 1. The lowest BCUT2D eigenvalue weighted by molar-refractivity contribution is -0.160. The second-order valence-corrected chi connectivity index (χ2v) is 8.81. The van der Waals surface area contributed by atoms with Gasteiger partial charge in [0.15, 0.2) is 6.04 Å². The number of nitrogens with zero attached hydrogens (tertiary/aromatic N) is 2. The molecule has 1 heterocycles. The number of nitriles is 1. The maximum absolute atomic E-state index is 13.3. The summed E-state index contributed by atoms with van der Waals surface area (Å²) in [5.41, 5.74) is -1.54. The average molecular weight is 475 g/mol. The Balaban J connectivity index is 2.00. The third-order valence-corrected chi connectivity index (χ3v) is 5.30. The topological polar surface area (TPSA) is 91.7 Å². The molecule has 1 aliphatic rings. The second-order valence-electron chi connectivity index (χ2n) is 8.81. The molecule has 2 atom stereocenters. The SMILES string of the molecule is COc1ccc2c(c1)C(C)N(C(=O)Nc1ccc(C#N)c(C(F)(F)F)c1)C2C(=O)OC(C)(C)C. The number of urea groups is 1. The van der Waals surface area contributed by atoms with Gasteiger partial charge in [-0.2, -0.15) is 18.4 Å². The van der Waals surface area contributed by atoms with Gasteiger partial charge < -0.3 is 14.8 Å². The molecule has 2 unspecified atom stereocenters. The van der Waals surface area contributed by atoms with Gasteiger partial charge in [0.2, 0.25) is 0 Å². The standard InChI is InChI=1S/C24H24F3N3O4/c1-13-18-11-16(33-5)8-9-17(18)20(21(31)34-23(2,3)4)30(13)22(32)29-15-7-6-14(12-28)19(10-15)24(25,26)27/h6-11,13,20H,1-5H3,(H,29,32). The highest BCUT2D eigenvalue weighted by molar-refractivity contribution is 5.95. The van der Waals surface area contributed by atoms with Crippen molar-refractivity contribution in [2.75, 3.05) is 12.4 Å². The molecule has 0 bridgehead atoms. The zero-order valence-electron chi connectivity index (χ0n) is 19.3. The first-order valence-corrected chi connectivity index (χ1v) is 10.4. The summed E-state index contributed by atoms with van der Waals surface area (Å²) in [5, 5.41) is 11.4. The molecule has 0 radical (unpaired) electrons. The van der Waals surface area contributed by atoms with Gasteiger partial charge in [-0.3, -0.25) is 4.90 Å². The highest BCUT2D eigenvalue weighted by atomic mass is 19.4. The van der Waals surface area contributed by atoms with Gasteiger partial charge >= 0.3 is 18.2 Å². The molecule has 2 aromatic rings. The number of hydrogen-bond donors (Lipinski definition) is 1.